The number of aryl methyl sites for hydroxylation is 1. The predicted octanol–water partition coefficient (Wildman–Crippen LogP) is 2.83. The minimum atomic E-state index is -3.22. The van der Waals surface area contributed by atoms with E-state index in [-0.39, 0.29) is 10.7 Å². The van der Waals surface area contributed by atoms with Crippen molar-refractivity contribution >= 4 is 38.7 Å². The SMILES string of the molecule is Cc1csc(SCC(=O)c2ccc(S(C)(=O)=O)cc2)n1. The van der Waals surface area contributed by atoms with Crippen molar-refractivity contribution in [2.45, 2.75) is 16.2 Å². The third-order valence-corrected chi connectivity index (χ3v) is 5.80. The molecule has 0 radical (unpaired) electrons. The number of thiazole rings is 1. The fourth-order valence-electron chi connectivity index (χ4n) is 1.50. The number of ketones is 1. The van der Waals surface area contributed by atoms with Crippen molar-refractivity contribution in [3.8, 4) is 0 Å². The summed E-state index contributed by atoms with van der Waals surface area (Å²) in [6, 6.07) is 6.01. The number of thioether (sulfide) groups is 1. The molecule has 2 aromatic rings. The van der Waals surface area contributed by atoms with Crippen LogP contribution in [-0.4, -0.2) is 31.2 Å². The Kier molecular flexibility index (Phi) is 4.62. The molecule has 0 aliphatic heterocycles. The number of rotatable bonds is 5. The van der Waals surface area contributed by atoms with Gasteiger partial charge in [0.2, 0.25) is 0 Å². The molecule has 1 heterocycles. The Labute approximate surface area is 126 Å². The first-order valence-electron chi connectivity index (χ1n) is 5.74. The zero-order valence-corrected chi connectivity index (χ0v) is 13.4. The Morgan fingerprint density at radius 3 is 2.45 bits per heavy atom. The lowest BCUT2D eigenvalue weighted by Crippen LogP contribution is -2.03. The average molecular weight is 327 g/mol. The third-order valence-electron chi connectivity index (χ3n) is 2.53. The maximum atomic E-state index is 12.0. The average Bonchev–Trinajstić information content (AvgIpc) is 2.81. The molecule has 20 heavy (non-hydrogen) atoms. The largest absolute Gasteiger partial charge is 0.293 e. The van der Waals surface area contributed by atoms with Crippen molar-refractivity contribution in [2.75, 3.05) is 12.0 Å². The lowest BCUT2D eigenvalue weighted by atomic mass is 10.1. The van der Waals surface area contributed by atoms with Crippen LogP contribution >= 0.6 is 23.1 Å². The first-order chi connectivity index (χ1) is 9.36. The molecule has 0 aliphatic rings. The lowest BCUT2D eigenvalue weighted by Gasteiger charge is -2.01. The molecule has 0 aliphatic carbocycles. The van der Waals surface area contributed by atoms with Crippen LogP contribution < -0.4 is 0 Å². The second kappa shape index (κ2) is 6.07. The number of carbonyl (C=O) groups is 1. The summed E-state index contributed by atoms with van der Waals surface area (Å²) in [5.74, 6) is 0.258. The summed E-state index contributed by atoms with van der Waals surface area (Å²) < 4.78 is 23.5. The molecule has 0 atom stereocenters. The van der Waals surface area contributed by atoms with E-state index < -0.39 is 9.84 Å². The summed E-state index contributed by atoms with van der Waals surface area (Å²) in [6.07, 6.45) is 1.14. The maximum absolute atomic E-state index is 12.0. The summed E-state index contributed by atoms with van der Waals surface area (Å²) in [5, 5.41) is 1.94. The van der Waals surface area contributed by atoms with E-state index in [0.717, 1.165) is 16.3 Å². The summed E-state index contributed by atoms with van der Waals surface area (Å²) in [5.41, 5.74) is 1.46. The molecule has 4 nitrogen and oxygen atoms in total. The third kappa shape index (κ3) is 3.91. The molecule has 1 aromatic carbocycles. The van der Waals surface area contributed by atoms with Gasteiger partial charge in [0.25, 0.3) is 0 Å². The second-order valence-corrected chi connectivity index (χ2v) is 8.36. The zero-order chi connectivity index (χ0) is 14.8. The Hall–Kier alpha value is -1.18. The fraction of sp³-hybridized carbons (Fsp3) is 0.231. The van der Waals surface area contributed by atoms with Gasteiger partial charge in [-0.1, -0.05) is 23.9 Å². The summed E-state index contributed by atoms with van der Waals surface area (Å²) in [7, 11) is -3.22. The molecule has 0 saturated heterocycles. The number of hydrogen-bond acceptors (Lipinski definition) is 6. The van der Waals surface area contributed by atoms with Gasteiger partial charge in [0.05, 0.1) is 10.6 Å². The number of sulfone groups is 1. The van der Waals surface area contributed by atoms with Crippen molar-refractivity contribution in [1.82, 2.24) is 4.98 Å². The highest BCUT2D eigenvalue weighted by molar-refractivity contribution is 8.01. The van der Waals surface area contributed by atoms with Gasteiger partial charge in [-0.3, -0.25) is 4.79 Å². The molecule has 106 valence electrons. The first kappa shape index (κ1) is 15.2. The van der Waals surface area contributed by atoms with Crippen molar-refractivity contribution in [2.24, 2.45) is 0 Å². The summed E-state index contributed by atoms with van der Waals surface area (Å²) >= 11 is 2.91. The highest BCUT2D eigenvalue weighted by Crippen LogP contribution is 2.23. The van der Waals surface area contributed by atoms with Crippen molar-refractivity contribution in [3.05, 3.63) is 40.9 Å². The minimum Gasteiger partial charge on any atom is -0.293 e. The molecule has 1 aromatic heterocycles. The first-order valence-corrected chi connectivity index (χ1v) is 9.50. The number of Topliss-reactive ketones (excluding diaryl/α,β-unsaturated/α-hetero) is 1. The van der Waals surface area contributed by atoms with Gasteiger partial charge in [-0.05, 0) is 19.1 Å². The van der Waals surface area contributed by atoms with Gasteiger partial charge in [-0.2, -0.15) is 0 Å². The molecular weight excluding hydrogens is 314 g/mol. The van der Waals surface area contributed by atoms with Crippen molar-refractivity contribution < 1.29 is 13.2 Å². The van der Waals surface area contributed by atoms with Crippen LogP contribution in [0.5, 0.6) is 0 Å². The number of hydrogen-bond donors (Lipinski definition) is 0. The fourth-order valence-corrected chi connectivity index (χ4v) is 3.87. The molecule has 0 amide bonds. The second-order valence-electron chi connectivity index (χ2n) is 4.26. The molecule has 2 rings (SSSR count). The van der Waals surface area contributed by atoms with Crippen LogP contribution in [0, 0.1) is 6.92 Å². The number of carbonyl (C=O) groups excluding carboxylic acids is 1. The van der Waals surface area contributed by atoms with Gasteiger partial charge in [-0.15, -0.1) is 11.3 Å². The van der Waals surface area contributed by atoms with Crippen molar-refractivity contribution in [3.63, 3.8) is 0 Å². The molecular formula is C13H13NO3S3. The van der Waals surface area contributed by atoms with Gasteiger partial charge < -0.3 is 0 Å². The van der Waals surface area contributed by atoms with Crippen LogP contribution in [0.15, 0.2) is 38.9 Å². The highest BCUT2D eigenvalue weighted by atomic mass is 32.2. The smallest absolute Gasteiger partial charge is 0.175 e. The van der Waals surface area contributed by atoms with E-state index in [0.29, 0.717) is 11.3 Å². The van der Waals surface area contributed by atoms with Crippen LogP contribution in [0.4, 0.5) is 0 Å². The van der Waals surface area contributed by atoms with Crippen molar-refractivity contribution in [1.29, 1.82) is 0 Å². The summed E-state index contributed by atoms with van der Waals surface area (Å²) in [6.45, 7) is 1.91. The number of nitrogens with zero attached hydrogens (tertiary/aromatic N) is 1. The topological polar surface area (TPSA) is 64.1 Å². The van der Waals surface area contributed by atoms with E-state index in [4.69, 9.17) is 0 Å². The van der Waals surface area contributed by atoms with E-state index in [1.165, 1.54) is 35.2 Å². The van der Waals surface area contributed by atoms with Crippen LogP contribution in [0.2, 0.25) is 0 Å². The van der Waals surface area contributed by atoms with E-state index >= 15 is 0 Å². The van der Waals surface area contributed by atoms with Gasteiger partial charge >= 0.3 is 0 Å². The molecule has 0 spiro atoms. The van der Waals surface area contributed by atoms with Crippen LogP contribution in [0.25, 0.3) is 0 Å². The Morgan fingerprint density at radius 2 is 1.95 bits per heavy atom. The maximum Gasteiger partial charge on any atom is 0.175 e. The van der Waals surface area contributed by atoms with Gasteiger partial charge in [0.1, 0.15) is 0 Å². The van der Waals surface area contributed by atoms with E-state index in [9.17, 15) is 13.2 Å². The predicted molar refractivity (Wildman–Crippen MR) is 81.5 cm³/mol. The minimum absolute atomic E-state index is 0.0390. The lowest BCUT2D eigenvalue weighted by molar-refractivity contribution is 0.102. The number of benzene rings is 1. The normalized spacial score (nSPS) is 11.5. The van der Waals surface area contributed by atoms with Crippen LogP contribution in [0.3, 0.4) is 0 Å². The molecule has 0 bridgehead atoms. The van der Waals surface area contributed by atoms with E-state index in [1.807, 2.05) is 12.3 Å². The van der Waals surface area contributed by atoms with Gasteiger partial charge in [-0.25, -0.2) is 13.4 Å². The molecule has 7 heteroatoms. The quantitative estimate of drug-likeness (QED) is 0.624. The Bertz CT molecular complexity index is 718. The zero-order valence-electron chi connectivity index (χ0n) is 11.0. The standard InChI is InChI=1S/C13H13NO3S3/c1-9-7-18-13(14-9)19-8-12(15)10-3-5-11(6-4-10)20(2,16)17/h3-7H,8H2,1-2H3. The van der Waals surface area contributed by atoms with Gasteiger partial charge in [0, 0.05) is 22.9 Å². The molecule has 0 N–H and O–H groups in total. The molecule has 0 unspecified atom stereocenters. The molecule has 0 saturated carbocycles. The van der Waals surface area contributed by atoms with E-state index in [1.54, 1.807) is 12.1 Å². The number of aromatic nitrogens is 1. The summed E-state index contributed by atoms with van der Waals surface area (Å²) in [4.78, 5) is 16.5. The van der Waals surface area contributed by atoms with Crippen LogP contribution in [0.1, 0.15) is 16.1 Å². The Balaban J connectivity index is 2.02. The van der Waals surface area contributed by atoms with E-state index in [2.05, 4.69) is 4.98 Å². The highest BCUT2D eigenvalue weighted by Gasteiger charge is 2.11. The Morgan fingerprint density at radius 1 is 1.30 bits per heavy atom. The monoisotopic (exact) mass is 327 g/mol. The molecule has 0 fully saturated rings. The van der Waals surface area contributed by atoms with Crippen LogP contribution in [-0.2, 0) is 9.84 Å². The van der Waals surface area contributed by atoms with Gasteiger partial charge in [0.15, 0.2) is 20.0 Å².